The van der Waals surface area contributed by atoms with E-state index >= 15 is 0 Å². The second-order valence-corrected chi connectivity index (χ2v) is 5.93. The average Bonchev–Trinajstić information content (AvgIpc) is 3.09. The van der Waals surface area contributed by atoms with Crippen molar-refractivity contribution in [3.8, 4) is 0 Å². The molecule has 0 bridgehead atoms. The first-order valence-corrected chi connectivity index (χ1v) is 8.30. The molecule has 1 heterocycles. The van der Waals surface area contributed by atoms with Gasteiger partial charge in [-0.3, -0.25) is 14.4 Å². The predicted octanol–water partition coefficient (Wildman–Crippen LogP) is 2.42. The van der Waals surface area contributed by atoms with E-state index in [0.29, 0.717) is 5.69 Å². The fraction of sp³-hybridized carbons (Fsp3) is 0.100. The summed E-state index contributed by atoms with van der Waals surface area (Å²) in [5.74, 6) is -1.54. The molecule has 0 aliphatic rings. The van der Waals surface area contributed by atoms with Gasteiger partial charge in [0, 0.05) is 30.8 Å². The monoisotopic (exact) mass is 362 g/mol. The van der Waals surface area contributed by atoms with E-state index in [4.69, 9.17) is 0 Å². The highest BCUT2D eigenvalue weighted by molar-refractivity contribution is 6.45. The topological polar surface area (TPSA) is 93.1 Å². The number of aromatic nitrogens is 2. The quantitative estimate of drug-likeness (QED) is 0.520. The third kappa shape index (κ3) is 4.66. The van der Waals surface area contributed by atoms with Crippen LogP contribution in [0.3, 0.4) is 0 Å². The molecule has 0 atom stereocenters. The van der Waals surface area contributed by atoms with Gasteiger partial charge in [0.05, 0.1) is 6.42 Å². The SMILES string of the molecule is Cn1ccnc1C(=O)C(=O)Nc1ccc(CC(=O)Nc2ccccc2)cc1. The summed E-state index contributed by atoms with van der Waals surface area (Å²) in [6.07, 6.45) is 3.25. The summed E-state index contributed by atoms with van der Waals surface area (Å²) in [7, 11) is 1.64. The first kappa shape index (κ1) is 18.1. The van der Waals surface area contributed by atoms with Gasteiger partial charge in [-0.2, -0.15) is 0 Å². The molecule has 1 aromatic heterocycles. The van der Waals surface area contributed by atoms with Gasteiger partial charge < -0.3 is 15.2 Å². The lowest BCUT2D eigenvalue weighted by molar-refractivity contribution is -0.115. The average molecular weight is 362 g/mol. The van der Waals surface area contributed by atoms with Crippen LogP contribution in [0.25, 0.3) is 0 Å². The Morgan fingerprint density at radius 3 is 2.22 bits per heavy atom. The number of nitrogens with zero attached hydrogens (tertiary/aromatic N) is 2. The molecule has 2 aromatic carbocycles. The maximum absolute atomic E-state index is 12.1. The van der Waals surface area contributed by atoms with E-state index in [9.17, 15) is 14.4 Å². The van der Waals surface area contributed by atoms with Crippen molar-refractivity contribution in [2.45, 2.75) is 6.42 Å². The number of carbonyl (C=O) groups is 3. The number of anilines is 2. The molecule has 7 nitrogen and oxygen atoms in total. The van der Waals surface area contributed by atoms with E-state index in [1.807, 2.05) is 30.3 Å². The number of aryl methyl sites for hydroxylation is 1. The van der Waals surface area contributed by atoms with Crippen molar-refractivity contribution >= 4 is 29.0 Å². The van der Waals surface area contributed by atoms with Crippen LogP contribution in [0.15, 0.2) is 67.0 Å². The Bertz CT molecular complexity index is 962. The van der Waals surface area contributed by atoms with Gasteiger partial charge in [0.1, 0.15) is 0 Å². The second-order valence-electron chi connectivity index (χ2n) is 5.93. The number of nitrogens with one attached hydrogen (secondary N) is 2. The highest BCUT2D eigenvalue weighted by Gasteiger charge is 2.20. The molecule has 0 aliphatic heterocycles. The van der Waals surface area contributed by atoms with Crippen molar-refractivity contribution in [3.05, 3.63) is 78.4 Å². The number of hydrogen-bond acceptors (Lipinski definition) is 4. The van der Waals surface area contributed by atoms with Gasteiger partial charge in [-0.05, 0) is 29.8 Å². The molecule has 136 valence electrons. The lowest BCUT2D eigenvalue weighted by Crippen LogP contribution is -2.25. The molecule has 0 saturated heterocycles. The number of imidazole rings is 1. The molecule has 7 heteroatoms. The number of carbonyl (C=O) groups excluding carboxylic acids is 3. The fourth-order valence-electron chi connectivity index (χ4n) is 2.49. The van der Waals surface area contributed by atoms with E-state index in [0.717, 1.165) is 11.3 Å². The lowest BCUT2D eigenvalue weighted by atomic mass is 10.1. The third-order valence-electron chi connectivity index (χ3n) is 3.86. The Labute approximate surface area is 156 Å². The summed E-state index contributed by atoms with van der Waals surface area (Å²) in [4.78, 5) is 40.0. The molecule has 0 aliphatic carbocycles. The summed E-state index contributed by atoms with van der Waals surface area (Å²) in [6.45, 7) is 0. The Morgan fingerprint density at radius 2 is 1.59 bits per heavy atom. The smallest absolute Gasteiger partial charge is 0.300 e. The molecule has 0 unspecified atom stereocenters. The standard InChI is InChI=1S/C20H18N4O3/c1-24-12-11-21-19(24)18(26)20(27)23-16-9-7-14(8-10-16)13-17(25)22-15-5-3-2-4-6-15/h2-12H,13H2,1H3,(H,22,25)(H,23,27). The molecule has 3 rings (SSSR count). The van der Waals surface area contributed by atoms with Crippen LogP contribution in [-0.4, -0.2) is 27.1 Å². The minimum Gasteiger partial charge on any atom is -0.331 e. The summed E-state index contributed by atoms with van der Waals surface area (Å²) in [5.41, 5.74) is 1.99. The lowest BCUT2D eigenvalue weighted by Gasteiger charge is -2.07. The molecule has 3 aromatic rings. The number of ketones is 1. The van der Waals surface area contributed by atoms with Crippen LogP contribution in [0.1, 0.15) is 16.2 Å². The zero-order chi connectivity index (χ0) is 19.2. The summed E-state index contributed by atoms with van der Waals surface area (Å²) >= 11 is 0. The minimum absolute atomic E-state index is 0.0710. The van der Waals surface area contributed by atoms with E-state index in [1.165, 1.54) is 10.8 Å². The van der Waals surface area contributed by atoms with Crippen LogP contribution in [0.5, 0.6) is 0 Å². The molecule has 0 radical (unpaired) electrons. The first-order valence-electron chi connectivity index (χ1n) is 8.30. The number of rotatable bonds is 6. The second kappa shape index (κ2) is 8.09. The zero-order valence-corrected chi connectivity index (χ0v) is 14.7. The number of amides is 2. The Hall–Kier alpha value is -3.74. The molecule has 2 N–H and O–H groups in total. The van der Waals surface area contributed by atoms with Crippen molar-refractivity contribution < 1.29 is 14.4 Å². The zero-order valence-electron chi connectivity index (χ0n) is 14.7. The van der Waals surface area contributed by atoms with Crippen LogP contribution in [-0.2, 0) is 23.1 Å². The number of benzene rings is 2. The van der Waals surface area contributed by atoms with Gasteiger partial charge in [0.15, 0.2) is 5.82 Å². The van der Waals surface area contributed by atoms with E-state index in [1.54, 1.807) is 37.5 Å². The molecule has 0 saturated carbocycles. The Balaban J connectivity index is 1.57. The van der Waals surface area contributed by atoms with Gasteiger partial charge in [-0.25, -0.2) is 4.98 Å². The van der Waals surface area contributed by atoms with Crippen molar-refractivity contribution in [2.24, 2.45) is 7.05 Å². The summed E-state index contributed by atoms with van der Waals surface area (Å²) in [5, 5.41) is 5.35. The molecular formula is C20H18N4O3. The fourth-order valence-corrected chi connectivity index (χ4v) is 2.49. The van der Waals surface area contributed by atoms with Crippen molar-refractivity contribution in [1.82, 2.24) is 9.55 Å². The number of hydrogen-bond donors (Lipinski definition) is 2. The van der Waals surface area contributed by atoms with Crippen LogP contribution in [0, 0.1) is 0 Å². The highest BCUT2D eigenvalue weighted by atomic mass is 16.2. The molecule has 0 fully saturated rings. The molecular weight excluding hydrogens is 344 g/mol. The van der Waals surface area contributed by atoms with Gasteiger partial charge in [-0.15, -0.1) is 0 Å². The van der Waals surface area contributed by atoms with Crippen molar-refractivity contribution in [2.75, 3.05) is 10.6 Å². The highest BCUT2D eigenvalue weighted by Crippen LogP contribution is 2.12. The summed E-state index contributed by atoms with van der Waals surface area (Å²) in [6, 6.07) is 15.9. The van der Waals surface area contributed by atoms with E-state index in [-0.39, 0.29) is 18.2 Å². The van der Waals surface area contributed by atoms with E-state index < -0.39 is 11.7 Å². The van der Waals surface area contributed by atoms with E-state index in [2.05, 4.69) is 15.6 Å². The normalized spacial score (nSPS) is 10.3. The maximum Gasteiger partial charge on any atom is 0.300 e. The molecule has 27 heavy (non-hydrogen) atoms. The predicted molar refractivity (Wildman–Crippen MR) is 101 cm³/mol. The van der Waals surface area contributed by atoms with Gasteiger partial charge in [-0.1, -0.05) is 30.3 Å². The van der Waals surface area contributed by atoms with Crippen LogP contribution in [0.2, 0.25) is 0 Å². The maximum atomic E-state index is 12.1. The Morgan fingerprint density at radius 1 is 0.926 bits per heavy atom. The number of para-hydroxylation sites is 1. The van der Waals surface area contributed by atoms with Crippen molar-refractivity contribution in [1.29, 1.82) is 0 Å². The van der Waals surface area contributed by atoms with Crippen LogP contribution >= 0.6 is 0 Å². The molecule has 2 amide bonds. The van der Waals surface area contributed by atoms with Crippen LogP contribution in [0.4, 0.5) is 11.4 Å². The van der Waals surface area contributed by atoms with Gasteiger partial charge in [0.2, 0.25) is 5.91 Å². The largest absolute Gasteiger partial charge is 0.331 e. The summed E-state index contributed by atoms with van der Waals surface area (Å²) < 4.78 is 1.48. The van der Waals surface area contributed by atoms with Crippen molar-refractivity contribution in [3.63, 3.8) is 0 Å². The number of Topliss-reactive ketones (excluding diaryl/α,β-unsaturated/α-hetero) is 1. The van der Waals surface area contributed by atoms with Gasteiger partial charge in [0.25, 0.3) is 11.7 Å². The third-order valence-corrected chi connectivity index (χ3v) is 3.86. The minimum atomic E-state index is -0.765. The Kier molecular flexibility index (Phi) is 5.41. The van der Waals surface area contributed by atoms with Crippen LogP contribution < -0.4 is 10.6 Å². The first-order chi connectivity index (χ1) is 13.0. The molecule has 0 spiro atoms. The van der Waals surface area contributed by atoms with Gasteiger partial charge >= 0.3 is 0 Å².